The van der Waals surface area contributed by atoms with Gasteiger partial charge in [-0.1, -0.05) is 0 Å². The van der Waals surface area contributed by atoms with E-state index in [1.807, 2.05) is 0 Å². The molecule has 0 saturated heterocycles. The number of carbonyl (C=O) groups excluding carboxylic acids is 1. The molecule has 1 atom stereocenters. The average molecular weight is 300 g/mol. The van der Waals surface area contributed by atoms with E-state index in [0.29, 0.717) is 17.9 Å². The Morgan fingerprint density at radius 3 is 2.95 bits per heavy atom. The molecule has 1 unspecified atom stereocenters. The molecule has 0 bridgehead atoms. The Balaban J connectivity index is 2.24. The maximum atomic E-state index is 12.1. The van der Waals surface area contributed by atoms with Crippen LogP contribution in [-0.4, -0.2) is 38.7 Å². The third kappa shape index (κ3) is 3.27. The molecule has 0 spiro atoms. The number of fused-ring (bicyclic) bond motifs is 1. The summed E-state index contributed by atoms with van der Waals surface area (Å²) in [7, 11) is -3.70. The van der Waals surface area contributed by atoms with Gasteiger partial charge in [-0.25, -0.2) is 13.1 Å². The molecule has 0 fully saturated rings. The molecular formula is C12H16N2O5S. The Labute approximate surface area is 117 Å². The van der Waals surface area contributed by atoms with Gasteiger partial charge in [0.05, 0.1) is 10.6 Å². The Hall–Kier alpha value is -1.64. The summed E-state index contributed by atoms with van der Waals surface area (Å²) in [4.78, 5) is 11.3. The molecular weight excluding hydrogens is 284 g/mol. The lowest BCUT2D eigenvalue weighted by Gasteiger charge is -2.19. The van der Waals surface area contributed by atoms with Crippen LogP contribution in [0.15, 0.2) is 23.1 Å². The third-order valence-electron chi connectivity index (χ3n) is 2.81. The molecule has 1 aliphatic heterocycles. The second-order valence-electron chi connectivity index (χ2n) is 4.53. The molecule has 7 nitrogen and oxygen atoms in total. The number of hydrogen-bond donors (Lipinski definition) is 3. The summed E-state index contributed by atoms with van der Waals surface area (Å²) in [5, 5.41) is 11.3. The first-order valence-corrected chi connectivity index (χ1v) is 7.60. The van der Waals surface area contributed by atoms with Crippen LogP contribution in [0.4, 0.5) is 5.69 Å². The molecule has 2 rings (SSSR count). The van der Waals surface area contributed by atoms with E-state index in [4.69, 9.17) is 9.84 Å². The van der Waals surface area contributed by atoms with Crippen molar-refractivity contribution >= 4 is 21.6 Å². The summed E-state index contributed by atoms with van der Waals surface area (Å²) in [5.41, 5.74) is 0.332. The highest BCUT2D eigenvalue weighted by atomic mass is 32.2. The Morgan fingerprint density at radius 1 is 1.50 bits per heavy atom. The quantitative estimate of drug-likeness (QED) is 0.713. The van der Waals surface area contributed by atoms with E-state index in [9.17, 15) is 13.2 Å². The fraction of sp³-hybridized carbons (Fsp3) is 0.417. The van der Waals surface area contributed by atoms with Crippen molar-refractivity contribution in [3.63, 3.8) is 0 Å². The van der Waals surface area contributed by atoms with Crippen molar-refractivity contribution in [1.29, 1.82) is 0 Å². The van der Waals surface area contributed by atoms with Crippen LogP contribution in [0, 0.1) is 0 Å². The topological polar surface area (TPSA) is 105 Å². The van der Waals surface area contributed by atoms with Gasteiger partial charge in [0.1, 0.15) is 5.75 Å². The number of carbonyl (C=O) groups is 1. The number of aliphatic hydroxyl groups is 1. The lowest BCUT2D eigenvalue weighted by molar-refractivity contribution is -0.118. The van der Waals surface area contributed by atoms with Crippen molar-refractivity contribution in [3.05, 3.63) is 18.2 Å². The second-order valence-corrected chi connectivity index (χ2v) is 6.24. The van der Waals surface area contributed by atoms with Crippen molar-refractivity contribution in [2.75, 3.05) is 18.5 Å². The predicted molar refractivity (Wildman–Crippen MR) is 72.1 cm³/mol. The minimum absolute atomic E-state index is 0.0341. The van der Waals surface area contributed by atoms with Gasteiger partial charge in [0, 0.05) is 12.6 Å². The van der Waals surface area contributed by atoms with E-state index in [-0.39, 0.29) is 30.1 Å². The number of nitrogens with one attached hydrogen (secondary N) is 2. The Kier molecular flexibility index (Phi) is 4.26. The highest BCUT2D eigenvalue weighted by Crippen LogP contribution is 2.30. The summed E-state index contributed by atoms with van der Waals surface area (Å²) in [6.45, 7) is 1.49. The summed E-state index contributed by atoms with van der Waals surface area (Å²) >= 11 is 0. The maximum Gasteiger partial charge on any atom is 0.262 e. The van der Waals surface area contributed by atoms with Gasteiger partial charge in [-0.15, -0.1) is 0 Å². The van der Waals surface area contributed by atoms with Gasteiger partial charge < -0.3 is 15.2 Å². The minimum Gasteiger partial charge on any atom is -0.482 e. The third-order valence-corrected chi connectivity index (χ3v) is 4.40. The molecule has 1 amide bonds. The largest absolute Gasteiger partial charge is 0.482 e. The molecule has 20 heavy (non-hydrogen) atoms. The van der Waals surface area contributed by atoms with Crippen LogP contribution in [0.2, 0.25) is 0 Å². The van der Waals surface area contributed by atoms with Crippen LogP contribution in [0.1, 0.15) is 13.3 Å². The van der Waals surface area contributed by atoms with Gasteiger partial charge in [-0.05, 0) is 31.5 Å². The number of anilines is 1. The lowest BCUT2D eigenvalue weighted by atomic mass is 10.2. The molecule has 110 valence electrons. The number of amides is 1. The number of aliphatic hydroxyl groups excluding tert-OH is 1. The molecule has 0 aliphatic carbocycles. The highest BCUT2D eigenvalue weighted by molar-refractivity contribution is 7.89. The van der Waals surface area contributed by atoms with Crippen LogP contribution in [0.3, 0.4) is 0 Å². The lowest BCUT2D eigenvalue weighted by Crippen LogP contribution is -2.33. The summed E-state index contributed by atoms with van der Waals surface area (Å²) < 4.78 is 31.9. The summed E-state index contributed by atoms with van der Waals surface area (Å²) in [6.07, 6.45) is 0.323. The van der Waals surface area contributed by atoms with Gasteiger partial charge >= 0.3 is 0 Å². The van der Waals surface area contributed by atoms with Gasteiger partial charge in [0.15, 0.2) is 6.61 Å². The predicted octanol–water partition coefficient (Wildman–Crippen LogP) is 0.0667. The zero-order valence-electron chi connectivity index (χ0n) is 10.9. The number of sulfonamides is 1. The number of ether oxygens (including phenoxy) is 1. The first-order chi connectivity index (χ1) is 9.42. The molecule has 0 saturated carbocycles. The van der Waals surface area contributed by atoms with E-state index in [0.717, 1.165) is 0 Å². The van der Waals surface area contributed by atoms with Crippen LogP contribution < -0.4 is 14.8 Å². The summed E-state index contributed by atoms with van der Waals surface area (Å²) in [5.74, 6) is 0.112. The standard InChI is InChI=1S/C12H16N2O5S/c1-8(4-5-15)14-20(17,18)9-2-3-11-10(6-9)13-12(16)7-19-11/h2-3,6,8,14-15H,4-5,7H2,1H3,(H,13,16). The molecule has 1 aliphatic rings. The molecule has 0 aromatic heterocycles. The monoisotopic (exact) mass is 300 g/mol. The van der Waals surface area contributed by atoms with Gasteiger partial charge in [-0.3, -0.25) is 4.79 Å². The maximum absolute atomic E-state index is 12.1. The SMILES string of the molecule is CC(CCO)NS(=O)(=O)c1ccc2c(c1)NC(=O)CO2. The first kappa shape index (κ1) is 14.8. The number of hydrogen-bond acceptors (Lipinski definition) is 5. The van der Waals surface area contributed by atoms with Crippen LogP contribution in [-0.2, 0) is 14.8 Å². The zero-order chi connectivity index (χ0) is 14.8. The van der Waals surface area contributed by atoms with E-state index in [1.165, 1.54) is 18.2 Å². The number of benzene rings is 1. The first-order valence-electron chi connectivity index (χ1n) is 6.12. The molecule has 1 aromatic carbocycles. The molecule has 3 N–H and O–H groups in total. The van der Waals surface area contributed by atoms with Crippen LogP contribution >= 0.6 is 0 Å². The van der Waals surface area contributed by atoms with Crippen molar-refractivity contribution in [1.82, 2.24) is 4.72 Å². The van der Waals surface area contributed by atoms with E-state index >= 15 is 0 Å². The molecule has 8 heteroatoms. The van der Waals surface area contributed by atoms with E-state index < -0.39 is 10.0 Å². The van der Waals surface area contributed by atoms with Crippen LogP contribution in [0.25, 0.3) is 0 Å². The highest BCUT2D eigenvalue weighted by Gasteiger charge is 2.22. The molecule has 0 radical (unpaired) electrons. The van der Waals surface area contributed by atoms with Crippen molar-refractivity contribution in [3.8, 4) is 5.75 Å². The Bertz CT molecular complexity index is 614. The van der Waals surface area contributed by atoms with Crippen molar-refractivity contribution < 1.29 is 23.1 Å². The summed E-state index contributed by atoms with van der Waals surface area (Å²) in [6, 6.07) is 3.87. The van der Waals surface area contributed by atoms with Gasteiger partial charge in [-0.2, -0.15) is 0 Å². The van der Waals surface area contributed by atoms with Crippen LogP contribution in [0.5, 0.6) is 5.75 Å². The molecule has 1 aromatic rings. The van der Waals surface area contributed by atoms with E-state index in [1.54, 1.807) is 6.92 Å². The van der Waals surface area contributed by atoms with Crippen molar-refractivity contribution in [2.45, 2.75) is 24.3 Å². The zero-order valence-corrected chi connectivity index (χ0v) is 11.7. The fourth-order valence-electron chi connectivity index (χ4n) is 1.81. The minimum atomic E-state index is -3.70. The average Bonchev–Trinajstić information content (AvgIpc) is 2.37. The Morgan fingerprint density at radius 2 is 2.25 bits per heavy atom. The second kappa shape index (κ2) is 5.78. The van der Waals surface area contributed by atoms with E-state index in [2.05, 4.69) is 10.0 Å². The van der Waals surface area contributed by atoms with Gasteiger partial charge in [0.2, 0.25) is 10.0 Å². The smallest absolute Gasteiger partial charge is 0.262 e. The fourth-order valence-corrected chi connectivity index (χ4v) is 3.12. The number of rotatable bonds is 5. The normalized spacial score (nSPS) is 16.0. The van der Waals surface area contributed by atoms with Gasteiger partial charge in [0.25, 0.3) is 5.91 Å². The van der Waals surface area contributed by atoms with Crippen molar-refractivity contribution in [2.24, 2.45) is 0 Å². The molecule has 1 heterocycles.